The summed E-state index contributed by atoms with van der Waals surface area (Å²) >= 11 is 0. The lowest BCUT2D eigenvalue weighted by molar-refractivity contribution is 0.628. The second-order valence-corrected chi connectivity index (χ2v) is 4.70. The molecule has 0 bridgehead atoms. The minimum absolute atomic E-state index is 0.277. The maximum absolute atomic E-state index is 13.3. The minimum atomic E-state index is -0.277. The van der Waals surface area contributed by atoms with Crippen LogP contribution in [-0.4, -0.2) is 16.5 Å². The van der Waals surface area contributed by atoms with E-state index in [-0.39, 0.29) is 5.82 Å². The predicted octanol–water partition coefficient (Wildman–Crippen LogP) is 3.84. The molecule has 0 atom stereocenters. The van der Waals surface area contributed by atoms with Gasteiger partial charge in [0.05, 0.1) is 0 Å². The molecule has 0 aliphatic rings. The number of hydrogen-bond donors (Lipinski definition) is 1. The number of hydrogen-bond acceptors (Lipinski definition) is 3. The summed E-state index contributed by atoms with van der Waals surface area (Å²) in [5, 5.41) is 3.18. The summed E-state index contributed by atoms with van der Waals surface area (Å²) in [5.41, 5.74) is 1.65. The zero-order valence-corrected chi connectivity index (χ0v) is 11.4. The van der Waals surface area contributed by atoms with Crippen LogP contribution < -0.4 is 5.32 Å². The monoisotopic (exact) mass is 259 g/mol. The molecular formula is C15H18FN3. The number of benzene rings is 1. The molecular weight excluding hydrogens is 241 g/mol. The number of rotatable bonds is 4. The smallest absolute Gasteiger partial charge is 0.161 e. The topological polar surface area (TPSA) is 37.8 Å². The molecule has 1 heterocycles. The van der Waals surface area contributed by atoms with Gasteiger partial charge in [0, 0.05) is 23.9 Å². The lowest BCUT2D eigenvalue weighted by atomic mass is 10.1. The maximum atomic E-state index is 13.3. The molecule has 0 unspecified atom stereocenters. The lowest BCUT2D eigenvalue weighted by Crippen LogP contribution is -2.05. The van der Waals surface area contributed by atoms with E-state index in [1.807, 2.05) is 19.1 Å². The Hall–Kier alpha value is -1.97. The SMILES string of the molecule is CCNc1cc(C(C)C)nc(-c2cccc(F)c2)n1. The van der Waals surface area contributed by atoms with E-state index in [1.165, 1.54) is 12.1 Å². The summed E-state index contributed by atoms with van der Waals surface area (Å²) in [6, 6.07) is 8.30. The van der Waals surface area contributed by atoms with Gasteiger partial charge in [0.25, 0.3) is 0 Å². The van der Waals surface area contributed by atoms with E-state index >= 15 is 0 Å². The number of nitrogens with zero attached hydrogens (tertiary/aromatic N) is 2. The van der Waals surface area contributed by atoms with E-state index in [1.54, 1.807) is 6.07 Å². The number of nitrogens with one attached hydrogen (secondary N) is 1. The van der Waals surface area contributed by atoms with Gasteiger partial charge < -0.3 is 5.32 Å². The Morgan fingerprint density at radius 1 is 1.21 bits per heavy atom. The van der Waals surface area contributed by atoms with Crippen LogP contribution in [0, 0.1) is 5.82 Å². The third-order valence-electron chi connectivity index (χ3n) is 2.78. The largest absolute Gasteiger partial charge is 0.370 e. The Bertz CT molecular complexity index is 567. The van der Waals surface area contributed by atoms with E-state index in [0.717, 1.165) is 18.1 Å². The average Bonchev–Trinajstić information content (AvgIpc) is 2.38. The highest BCUT2D eigenvalue weighted by atomic mass is 19.1. The molecule has 0 saturated heterocycles. The number of halogens is 1. The molecule has 0 amide bonds. The van der Waals surface area contributed by atoms with Crippen molar-refractivity contribution in [3.63, 3.8) is 0 Å². The normalized spacial score (nSPS) is 10.8. The van der Waals surface area contributed by atoms with Gasteiger partial charge in [-0.25, -0.2) is 14.4 Å². The molecule has 0 spiro atoms. The van der Waals surface area contributed by atoms with Crippen LogP contribution in [0.1, 0.15) is 32.4 Å². The van der Waals surface area contributed by atoms with E-state index in [9.17, 15) is 4.39 Å². The van der Waals surface area contributed by atoms with Crippen molar-refractivity contribution >= 4 is 5.82 Å². The highest BCUT2D eigenvalue weighted by Gasteiger charge is 2.09. The van der Waals surface area contributed by atoms with Crippen molar-refractivity contribution in [2.45, 2.75) is 26.7 Å². The molecule has 0 fully saturated rings. The Balaban J connectivity index is 2.49. The van der Waals surface area contributed by atoms with Crippen molar-refractivity contribution in [3.8, 4) is 11.4 Å². The van der Waals surface area contributed by atoms with Crippen molar-refractivity contribution in [1.29, 1.82) is 0 Å². The summed E-state index contributed by atoms with van der Waals surface area (Å²) in [6.07, 6.45) is 0. The van der Waals surface area contributed by atoms with Gasteiger partial charge in [0.2, 0.25) is 0 Å². The second-order valence-electron chi connectivity index (χ2n) is 4.70. The Morgan fingerprint density at radius 3 is 2.63 bits per heavy atom. The third-order valence-corrected chi connectivity index (χ3v) is 2.78. The van der Waals surface area contributed by atoms with Crippen LogP contribution in [-0.2, 0) is 0 Å². The summed E-state index contributed by atoms with van der Waals surface area (Å²) in [5.74, 6) is 1.36. The first-order chi connectivity index (χ1) is 9.10. The van der Waals surface area contributed by atoms with Crippen LogP contribution in [0.15, 0.2) is 30.3 Å². The van der Waals surface area contributed by atoms with Gasteiger partial charge in [-0.3, -0.25) is 0 Å². The van der Waals surface area contributed by atoms with Crippen LogP contribution in [0.5, 0.6) is 0 Å². The molecule has 4 heteroatoms. The second kappa shape index (κ2) is 5.78. The summed E-state index contributed by atoms with van der Waals surface area (Å²) in [4.78, 5) is 8.94. The highest BCUT2D eigenvalue weighted by Crippen LogP contribution is 2.22. The van der Waals surface area contributed by atoms with Crippen LogP contribution in [0.25, 0.3) is 11.4 Å². The van der Waals surface area contributed by atoms with Crippen molar-refractivity contribution in [2.24, 2.45) is 0 Å². The lowest BCUT2D eigenvalue weighted by Gasteiger charge is -2.11. The van der Waals surface area contributed by atoms with Gasteiger partial charge in [-0.05, 0) is 25.0 Å². The molecule has 0 aliphatic heterocycles. The van der Waals surface area contributed by atoms with Crippen molar-refractivity contribution in [2.75, 3.05) is 11.9 Å². The summed E-state index contributed by atoms with van der Waals surface area (Å²) in [6.45, 7) is 6.96. The van der Waals surface area contributed by atoms with E-state index in [2.05, 4.69) is 29.1 Å². The minimum Gasteiger partial charge on any atom is -0.370 e. The zero-order valence-electron chi connectivity index (χ0n) is 11.4. The van der Waals surface area contributed by atoms with E-state index in [0.29, 0.717) is 17.3 Å². The molecule has 2 rings (SSSR count). The van der Waals surface area contributed by atoms with Gasteiger partial charge in [-0.1, -0.05) is 26.0 Å². The van der Waals surface area contributed by atoms with Gasteiger partial charge in [0.15, 0.2) is 5.82 Å². The fraction of sp³-hybridized carbons (Fsp3) is 0.333. The highest BCUT2D eigenvalue weighted by molar-refractivity contribution is 5.57. The molecule has 0 aliphatic carbocycles. The van der Waals surface area contributed by atoms with Crippen molar-refractivity contribution < 1.29 is 4.39 Å². The van der Waals surface area contributed by atoms with E-state index < -0.39 is 0 Å². The molecule has 19 heavy (non-hydrogen) atoms. The zero-order chi connectivity index (χ0) is 13.8. The van der Waals surface area contributed by atoms with Gasteiger partial charge in [-0.15, -0.1) is 0 Å². The Kier molecular flexibility index (Phi) is 4.10. The third kappa shape index (κ3) is 3.28. The van der Waals surface area contributed by atoms with Gasteiger partial charge >= 0.3 is 0 Å². The first-order valence-electron chi connectivity index (χ1n) is 6.49. The van der Waals surface area contributed by atoms with Gasteiger partial charge in [0.1, 0.15) is 11.6 Å². The predicted molar refractivity (Wildman–Crippen MR) is 75.7 cm³/mol. The standard InChI is InChI=1S/C15H18FN3/c1-4-17-14-9-13(10(2)3)18-15(19-14)11-6-5-7-12(16)8-11/h5-10H,4H2,1-3H3,(H,17,18,19). The number of aromatic nitrogens is 2. The molecule has 0 radical (unpaired) electrons. The molecule has 0 saturated carbocycles. The fourth-order valence-corrected chi connectivity index (χ4v) is 1.79. The summed E-state index contributed by atoms with van der Waals surface area (Å²) in [7, 11) is 0. The van der Waals surface area contributed by atoms with Crippen LogP contribution in [0.2, 0.25) is 0 Å². The van der Waals surface area contributed by atoms with E-state index in [4.69, 9.17) is 0 Å². The van der Waals surface area contributed by atoms with Crippen molar-refractivity contribution in [1.82, 2.24) is 9.97 Å². The first kappa shape index (κ1) is 13.5. The fourth-order valence-electron chi connectivity index (χ4n) is 1.79. The Morgan fingerprint density at radius 2 is 2.00 bits per heavy atom. The van der Waals surface area contributed by atoms with Crippen LogP contribution in [0.3, 0.4) is 0 Å². The van der Waals surface area contributed by atoms with Crippen molar-refractivity contribution in [3.05, 3.63) is 41.8 Å². The first-order valence-corrected chi connectivity index (χ1v) is 6.49. The average molecular weight is 259 g/mol. The molecule has 2 aromatic rings. The molecule has 1 aromatic carbocycles. The quantitative estimate of drug-likeness (QED) is 0.906. The number of anilines is 1. The molecule has 100 valence electrons. The summed E-state index contributed by atoms with van der Waals surface area (Å²) < 4.78 is 13.3. The Labute approximate surface area is 112 Å². The molecule has 3 nitrogen and oxygen atoms in total. The van der Waals surface area contributed by atoms with Gasteiger partial charge in [-0.2, -0.15) is 0 Å². The maximum Gasteiger partial charge on any atom is 0.161 e. The van der Waals surface area contributed by atoms with Crippen LogP contribution >= 0.6 is 0 Å². The van der Waals surface area contributed by atoms with Crippen LogP contribution in [0.4, 0.5) is 10.2 Å². The molecule has 1 aromatic heterocycles. The molecule has 1 N–H and O–H groups in total.